The summed E-state index contributed by atoms with van der Waals surface area (Å²) >= 11 is 6.69. The first-order valence-corrected chi connectivity index (χ1v) is 7.21. The van der Waals surface area contributed by atoms with Crippen molar-refractivity contribution < 1.29 is 9.53 Å². The molecule has 0 aliphatic carbocycles. The van der Waals surface area contributed by atoms with Gasteiger partial charge in [0.05, 0.1) is 23.0 Å². The van der Waals surface area contributed by atoms with Crippen LogP contribution in [-0.4, -0.2) is 13.0 Å². The van der Waals surface area contributed by atoms with Crippen molar-refractivity contribution in [3.05, 3.63) is 15.0 Å². The zero-order valence-corrected chi connectivity index (χ0v) is 13.5. The van der Waals surface area contributed by atoms with Crippen molar-refractivity contribution >= 4 is 49.1 Å². The second-order valence-electron chi connectivity index (χ2n) is 3.82. The third-order valence-corrected chi connectivity index (χ3v) is 3.89. The number of anilines is 2. The first kappa shape index (κ1) is 15.3. The van der Waals surface area contributed by atoms with Crippen LogP contribution in [0.25, 0.3) is 0 Å². The Kier molecular flexibility index (Phi) is 5.95. The van der Waals surface area contributed by atoms with Crippen molar-refractivity contribution in [3.63, 3.8) is 0 Å². The van der Waals surface area contributed by atoms with Crippen molar-refractivity contribution in [1.82, 2.24) is 0 Å². The van der Waals surface area contributed by atoms with Crippen LogP contribution in [0.15, 0.2) is 15.0 Å². The van der Waals surface area contributed by atoms with Gasteiger partial charge >= 0.3 is 0 Å². The molecule has 0 saturated carbocycles. The van der Waals surface area contributed by atoms with Gasteiger partial charge in [0.2, 0.25) is 5.91 Å². The molecule has 0 radical (unpaired) electrons. The van der Waals surface area contributed by atoms with E-state index in [0.29, 0.717) is 32.5 Å². The molecule has 6 heteroatoms. The highest BCUT2D eigenvalue weighted by Gasteiger charge is 2.15. The van der Waals surface area contributed by atoms with Gasteiger partial charge in [0.15, 0.2) is 5.75 Å². The van der Waals surface area contributed by atoms with E-state index in [1.807, 2.05) is 6.92 Å². The number of amides is 1. The van der Waals surface area contributed by atoms with Gasteiger partial charge in [0.25, 0.3) is 0 Å². The number of halogens is 2. The molecule has 1 amide bonds. The Morgan fingerprint density at radius 3 is 2.72 bits per heavy atom. The number of benzene rings is 1. The Morgan fingerprint density at radius 1 is 1.50 bits per heavy atom. The van der Waals surface area contributed by atoms with Crippen LogP contribution in [0, 0.1) is 0 Å². The highest BCUT2D eigenvalue weighted by Crippen LogP contribution is 2.42. The maximum absolute atomic E-state index is 11.7. The molecule has 0 bridgehead atoms. The van der Waals surface area contributed by atoms with Crippen LogP contribution in [0.4, 0.5) is 11.4 Å². The molecule has 100 valence electrons. The Hall–Kier alpha value is -0.750. The van der Waals surface area contributed by atoms with E-state index in [0.717, 1.165) is 12.8 Å². The van der Waals surface area contributed by atoms with Crippen LogP contribution in [0.3, 0.4) is 0 Å². The summed E-state index contributed by atoms with van der Waals surface area (Å²) in [6, 6.07) is 1.74. The van der Waals surface area contributed by atoms with Crippen LogP contribution in [0.1, 0.15) is 26.2 Å². The fourth-order valence-corrected chi connectivity index (χ4v) is 2.74. The largest absolute Gasteiger partial charge is 0.493 e. The zero-order valence-electron chi connectivity index (χ0n) is 10.3. The molecule has 0 heterocycles. The molecule has 0 aliphatic rings. The lowest BCUT2D eigenvalue weighted by Gasteiger charge is -2.14. The monoisotopic (exact) mass is 378 g/mol. The number of methoxy groups -OCH3 is 1. The molecule has 18 heavy (non-hydrogen) atoms. The van der Waals surface area contributed by atoms with Crippen molar-refractivity contribution in [3.8, 4) is 5.75 Å². The van der Waals surface area contributed by atoms with E-state index in [9.17, 15) is 4.79 Å². The molecule has 1 aromatic rings. The molecule has 0 aliphatic heterocycles. The Morgan fingerprint density at radius 2 is 2.17 bits per heavy atom. The van der Waals surface area contributed by atoms with E-state index in [1.165, 1.54) is 7.11 Å². The first-order valence-electron chi connectivity index (χ1n) is 5.62. The van der Waals surface area contributed by atoms with Crippen LogP contribution < -0.4 is 15.8 Å². The molecular formula is C12H16Br2N2O2. The molecule has 1 rings (SSSR count). The third kappa shape index (κ3) is 3.62. The fraction of sp³-hybridized carbons (Fsp3) is 0.417. The van der Waals surface area contributed by atoms with Crippen molar-refractivity contribution in [1.29, 1.82) is 0 Å². The van der Waals surface area contributed by atoms with Crippen LogP contribution in [0.2, 0.25) is 0 Å². The summed E-state index contributed by atoms with van der Waals surface area (Å²) in [6.45, 7) is 2.05. The topological polar surface area (TPSA) is 64.4 Å². The van der Waals surface area contributed by atoms with E-state index in [-0.39, 0.29) is 5.91 Å². The Balaban J connectivity index is 2.98. The number of nitrogens with two attached hydrogens (primary N) is 1. The van der Waals surface area contributed by atoms with Gasteiger partial charge in [0, 0.05) is 10.9 Å². The summed E-state index contributed by atoms with van der Waals surface area (Å²) in [5.74, 6) is 0.499. The van der Waals surface area contributed by atoms with Gasteiger partial charge in [-0.05, 0) is 44.3 Å². The van der Waals surface area contributed by atoms with Crippen molar-refractivity contribution in [2.75, 3.05) is 18.2 Å². The average molecular weight is 380 g/mol. The van der Waals surface area contributed by atoms with E-state index in [2.05, 4.69) is 37.2 Å². The van der Waals surface area contributed by atoms with Gasteiger partial charge in [-0.15, -0.1) is 0 Å². The molecule has 0 aromatic heterocycles. The molecule has 0 atom stereocenters. The minimum absolute atomic E-state index is 0.0290. The molecule has 1 aromatic carbocycles. The number of hydrogen-bond acceptors (Lipinski definition) is 3. The van der Waals surface area contributed by atoms with Crippen LogP contribution >= 0.6 is 31.9 Å². The lowest BCUT2D eigenvalue weighted by Crippen LogP contribution is -2.12. The van der Waals surface area contributed by atoms with Gasteiger partial charge < -0.3 is 15.8 Å². The number of rotatable bonds is 5. The van der Waals surface area contributed by atoms with E-state index in [4.69, 9.17) is 10.5 Å². The fourth-order valence-electron chi connectivity index (χ4n) is 1.46. The van der Waals surface area contributed by atoms with E-state index >= 15 is 0 Å². The van der Waals surface area contributed by atoms with Gasteiger partial charge in [-0.1, -0.05) is 13.3 Å². The summed E-state index contributed by atoms with van der Waals surface area (Å²) in [5, 5.41) is 2.83. The van der Waals surface area contributed by atoms with E-state index in [1.54, 1.807) is 6.07 Å². The molecule has 3 N–H and O–H groups in total. The van der Waals surface area contributed by atoms with Gasteiger partial charge in [0.1, 0.15) is 0 Å². The molecule has 0 saturated heterocycles. The summed E-state index contributed by atoms with van der Waals surface area (Å²) in [5.41, 5.74) is 7.00. The first-order chi connectivity index (χ1) is 8.51. The maximum Gasteiger partial charge on any atom is 0.224 e. The smallest absolute Gasteiger partial charge is 0.224 e. The van der Waals surface area contributed by atoms with Crippen LogP contribution in [-0.2, 0) is 4.79 Å². The Labute approximate surface area is 124 Å². The lowest BCUT2D eigenvalue weighted by atomic mass is 10.2. The molecule has 0 fully saturated rings. The second kappa shape index (κ2) is 6.99. The SMILES string of the molecule is CCCCC(=O)Nc1cc(Br)c(N)c(Br)c1OC. The summed E-state index contributed by atoms with van der Waals surface area (Å²) in [4.78, 5) is 11.7. The predicted octanol–water partition coefficient (Wildman–Crippen LogP) is 3.93. The number of nitrogens with one attached hydrogen (secondary N) is 1. The number of ether oxygens (including phenoxy) is 1. The lowest BCUT2D eigenvalue weighted by molar-refractivity contribution is -0.116. The van der Waals surface area contributed by atoms with Gasteiger partial charge in [-0.2, -0.15) is 0 Å². The highest BCUT2D eigenvalue weighted by atomic mass is 79.9. The van der Waals surface area contributed by atoms with Crippen molar-refractivity contribution in [2.45, 2.75) is 26.2 Å². The maximum atomic E-state index is 11.7. The average Bonchev–Trinajstić information content (AvgIpc) is 2.34. The quantitative estimate of drug-likeness (QED) is 0.761. The zero-order chi connectivity index (χ0) is 13.7. The number of carbonyl (C=O) groups excluding carboxylic acids is 1. The van der Waals surface area contributed by atoms with Gasteiger partial charge in [-0.3, -0.25) is 4.79 Å². The molecular weight excluding hydrogens is 364 g/mol. The van der Waals surface area contributed by atoms with Crippen LogP contribution in [0.5, 0.6) is 5.75 Å². The second-order valence-corrected chi connectivity index (χ2v) is 5.47. The number of nitrogen functional groups attached to an aromatic ring is 1. The Bertz CT molecular complexity index is 450. The third-order valence-electron chi connectivity index (χ3n) is 2.44. The highest BCUT2D eigenvalue weighted by molar-refractivity contribution is 9.11. The normalized spacial score (nSPS) is 10.2. The number of unbranched alkanes of at least 4 members (excludes halogenated alkanes) is 1. The summed E-state index contributed by atoms with van der Waals surface area (Å²) < 4.78 is 6.59. The minimum atomic E-state index is -0.0290. The van der Waals surface area contributed by atoms with E-state index < -0.39 is 0 Å². The molecule has 0 spiro atoms. The van der Waals surface area contributed by atoms with Gasteiger partial charge in [-0.25, -0.2) is 0 Å². The summed E-state index contributed by atoms with van der Waals surface area (Å²) in [7, 11) is 1.54. The predicted molar refractivity (Wildman–Crippen MR) is 81.0 cm³/mol. The summed E-state index contributed by atoms with van der Waals surface area (Å²) in [6.07, 6.45) is 2.35. The number of carbonyl (C=O) groups is 1. The minimum Gasteiger partial charge on any atom is -0.493 e. The van der Waals surface area contributed by atoms with Crippen molar-refractivity contribution in [2.24, 2.45) is 0 Å². The molecule has 4 nitrogen and oxygen atoms in total. The standard InChI is InChI=1S/C12H16Br2N2O2/c1-3-4-5-9(17)16-8-6-7(13)11(15)10(14)12(8)18-2/h6H,3-5,15H2,1-2H3,(H,16,17). The number of hydrogen-bond donors (Lipinski definition) is 2. The molecule has 0 unspecified atom stereocenters.